The Morgan fingerprint density at radius 3 is 2.57 bits per heavy atom. The highest BCUT2D eigenvalue weighted by molar-refractivity contribution is 5.85. The number of hydrogen-bond donors (Lipinski definition) is 1. The van der Waals surface area contributed by atoms with E-state index in [0.717, 1.165) is 29.4 Å². The lowest BCUT2D eigenvalue weighted by atomic mass is 10.0. The Morgan fingerprint density at radius 1 is 1.14 bits per heavy atom. The summed E-state index contributed by atoms with van der Waals surface area (Å²) in [4.78, 5) is 21.6. The summed E-state index contributed by atoms with van der Waals surface area (Å²) in [6.45, 7) is 0. The Morgan fingerprint density at radius 2 is 1.90 bits per heavy atom. The minimum absolute atomic E-state index is 0.487. The highest BCUT2D eigenvalue weighted by Gasteiger charge is 2.02. The molecule has 1 N–H and O–H groups in total. The zero-order valence-corrected chi connectivity index (χ0v) is 11.8. The van der Waals surface area contributed by atoms with Gasteiger partial charge in [-0.3, -0.25) is 5.32 Å². The number of hydrogen-bond acceptors (Lipinski definition) is 3. The number of carbonyl (C=O) groups excluding carboxylic acids is 2. The number of ether oxygens (including phenoxy) is 1. The van der Waals surface area contributed by atoms with Crippen molar-refractivity contribution in [3.05, 3.63) is 54.1 Å². The first-order valence-electron chi connectivity index (χ1n) is 6.71. The predicted octanol–water partition coefficient (Wildman–Crippen LogP) is 3.66. The van der Waals surface area contributed by atoms with Gasteiger partial charge in [0.2, 0.25) is 0 Å². The van der Waals surface area contributed by atoms with E-state index in [-0.39, 0.29) is 0 Å². The molecular weight excluding hydrogens is 266 g/mol. The molecule has 0 aliphatic carbocycles. The Balaban J connectivity index is 2.14. The number of benzene rings is 2. The van der Waals surface area contributed by atoms with Crippen molar-refractivity contribution in [2.75, 3.05) is 12.4 Å². The van der Waals surface area contributed by atoms with Crippen LogP contribution in [0.4, 0.5) is 10.5 Å². The fourth-order valence-corrected chi connectivity index (χ4v) is 2.05. The summed E-state index contributed by atoms with van der Waals surface area (Å²) in [6, 6.07) is 15.6. The van der Waals surface area contributed by atoms with Gasteiger partial charge in [-0.15, -0.1) is 0 Å². The first kappa shape index (κ1) is 14.8. The second-order valence-electron chi connectivity index (χ2n) is 4.60. The number of aryl methyl sites for hydroxylation is 1. The molecule has 0 spiro atoms. The molecule has 0 aliphatic heterocycles. The molecule has 0 unspecified atom stereocenters. The summed E-state index contributed by atoms with van der Waals surface area (Å²) < 4.78 is 4.54. The van der Waals surface area contributed by atoms with Crippen molar-refractivity contribution in [1.82, 2.24) is 0 Å². The van der Waals surface area contributed by atoms with E-state index < -0.39 is 6.09 Å². The van der Waals surface area contributed by atoms with E-state index in [1.54, 1.807) is 0 Å². The average molecular weight is 283 g/mol. The molecule has 4 nitrogen and oxygen atoms in total. The van der Waals surface area contributed by atoms with Crippen LogP contribution in [-0.2, 0) is 16.0 Å². The maximum absolute atomic E-state index is 11.1. The van der Waals surface area contributed by atoms with Gasteiger partial charge in [0.25, 0.3) is 0 Å². The van der Waals surface area contributed by atoms with Crippen LogP contribution in [0.5, 0.6) is 0 Å². The van der Waals surface area contributed by atoms with Gasteiger partial charge in [-0.05, 0) is 35.2 Å². The maximum atomic E-state index is 11.1. The van der Waals surface area contributed by atoms with Crippen LogP contribution in [0.25, 0.3) is 11.1 Å². The molecule has 2 aromatic carbocycles. The lowest BCUT2D eigenvalue weighted by Gasteiger charge is -2.07. The summed E-state index contributed by atoms with van der Waals surface area (Å²) in [7, 11) is 1.33. The van der Waals surface area contributed by atoms with Crippen molar-refractivity contribution in [3.8, 4) is 11.1 Å². The number of amides is 1. The lowest BCUT2D eigenvalue weighted by molar-refractivity contribution is -0.107. The summed E-state index contributed by atoms with van der Waals surface area (Å²) >= 11 is 0. The molecule has 4 heteroatoms. The van der Waals surface area contributed by atoms with Crippen molar-refractivity contribution in [3.63, 3.8) is 0 Å². The quantitative estimate of drug-likeness (QED) is 0.852. The molecule has 0 aliphatic rings. The lowest BCUT2D eigenvalue weighted by Crippen LogP contribution is -2.10. The fraction of sp³-hybridized carbons (Fsp3) is 0.176. The van der Waals surface area contributed by atoms with Gasteiger partial charge in [-0.2, -0.15) is 0 Å². The van der Waals surface area contributed by atoms with Gasteiger partial charge in [-0.25, -0.2) is 4.79 Å². The Hall–Kier alpha value is -2.62. The topological polar surface area (TPSA) is 55.4 Å². The van der Waals surface area contributed by atoms with Crippen LogP contribution >= 0.6 is 0 Å². The number of nitrogens with one attached hydrogen (secondary N) is 1. The molecule has 2 aromatic rings. The highest BCUT2D eigenvalue weighted by Crippen LogP contribution is 2.23. The third-order valence-electron chi connectivity index (χ3n) is 3.13. The van der Waals surface area contributed by atoms with Crippen molar-refractivity contribution < 1.29 is 14.3 Å². The third kappa shape index (κ3) is 4.18. The van der Waals surface area contributed by atoms with Gasteiger partial charge in [-0.1, -0.05) is 36.4 Å². The number of aldehydes is 1. The second kappa shape index (κ2) is 7.24. The molecule has 1 amide bonds. The normalized spacial score (nSPS) is 9.95. The Bertz CT molecular complexity index is 620. The molecule has 0 atom stereocenters. The van der Waals surface area contributed by atoms with Crippen LogP contribution in [0.3, 0.4) is 0 Å². The average Bonchev–Trinajstić information content (AvgIpc) is 2.53. The van der Waals surface area contributed by atoms with E-state index in [2.05, 4.69) is 16.1 Å². The van der Waals surface area contributed by atoms with Gasteiger partial charge >= 0.3 is 6.09 Å². The van der Waals surface area contributed by atoms with E-state index >= 15 is 0 Å². The number of rotatable bonds is 5. The van der Waals surface area contributed by atoms with E-state index in [0.29, 0.717) is 12.1 Å². The highest BCUT2D eigenvalue weighted by atomic mass is 16.5. The zero-order valence-electron chi connectivity index (χ0n) is 11.8. The molecule has 2 rings (SSSR count). The SMILES string of the molecule is COC(=O)Nc1ccc(-c2cccc(CCC=O)c2)cc1. The van der Waals surface area contributed by atoms with E-state index in [1.807, 2.05) is 42.5 Å². The maximum Gasteiger partial charge on any atom is 0.411 e. The van der Waals surface area contributed by atoms with E-state index in [9.17, 15) is 9.59 Å². The molecule has 0 aromatic heterocycles. The van der Waals surface area contributed by atoms with Crippen molar-refractivity contribution in [2.45, 2.75) is 12.8 Å². The smallest absolute Gasteiger partial charge is 0.411 e. The van der Waals surface area contributed by atoms with E-state index in [1.165, 1.54) is 7.11 Å². The van der Waals surface area contributed by atoms with Crippen LogP contribution < -0.4 is 5.32 Å². The standard InChI is InChI=1S/C17H17NO3/c1-21-17(20)18-16-9-7-14(8-10-16)15-6-2-4-13(12-15)5-3-11-19/h2,4,6-12H,3,5H2,1H3,(H,18,20). The first-order chi connectivity index (χ1) is 10.2. The predicted molar refractivity (Wildman–Crippen MR) is 82.3 cm³/mol. The summed E-state index contributed by atoms with van der Waals surface area (Å²) in [5.41, 5.74) is 3.96. The van der Waals surface area contributed by atoms with Gasteiger partial charge in [0.05, 0.1) is 7.11 Å². The molecule has 0 heterocycles. The summed E-state index contributed by atoms with van der Waals surface area (Å²) in [6.07, 6.45) is 1.73. The third-order valence-corrected chi connectivity index (χ3v) is 3.13. The van der Waals surface area contributed by atoms with Crippen LogP contribution in [-0.4, -0.2) is 19.5 Å². The van der Waals surface area contributed by atoms with Crippen LogP contribution in [0.15, 0.2) is 48.5 Å². The van der Waals surface area contributed by atoms with Crippen molar-refractivity contribution >= 4 is 18.1 Å². The van der Waals surface area contributed by atoms with E-state index in [4.69, 9.17) is 0 Å². The molecular formula is C17H17NO3. The summed E-state index contributed by atoms with van der Waals surface area (Å²) in [5.74, 6) is 0. The zero-order chi connectivity index (χ0) is 15.1. The van der Waals surface area contributed by atoms with Crippen LogP contribution in [0, 0.1) is 0 Å². The van der Waals surface area contributed by atoms with Gasteiger partial charge < -0.3 is 9.53 Å². The van der Waals surface area contributed by atoms with Gasteiger partial charge in [0, 0.05) is 12.1 Å². The first-order valence-corrected chi connectivity index (χ1v) is 6.71. The molecule has 21 heavy (non-hydrogen) atoms. The fourth-order valence-electron chi connectivity index (χ4n) is 2.05. The molecule has 0 fully saturated rings. The largest absolute Gasteiger partial charge is 0.453 e. The minimum atomic E-state index is -0.487. The molecule has 0 bridgehead atoms. The molecule has 0 saturated heterocycles. The van der Waals surface area contributed by atoms with Gasteiger partial charge in [0.1, 0.15) is 6.29 Å². The second-order valence-corrected chi connectivity index (χ2v) is 4.60. The Kier molecular flexibility index (Phi) is 5.10. The number of anilines is 1. The minimum Gasteiger partial charge on any atom is -0.453 e. The number of carbonyl (C=O) groups is 2. The molecule has 0 saturated carbocycles. The molecule has 108 valence electrons. The van der Waals surface area contributed by atoms with Gasteiger partial charge in [0.15, 0.2) is 0 Å². The molecule has 0 radical (unpaired) electrons. The monoisotopic (exact) mass is 283 g/mol. The van der Waals surface area contributed by atoms with Crippen molar-refractivity contribution in [2.24, 2.45) is 0 Å². The van der Waals surface area contributed by atoms with Crippen LogP contribution in [0.1, 0.15) is 12.0 Å². The summed E-state index contributed by atoms with van der Waals surface area (Å²) in [5, 5.41) is 2.61. The van der Waals surface area contributed by atoms with Crippen molar-refractivity contribution in [1.29, 1.82) is 0 Å². The van der Waals surface area contributed by atoms with Crippen LogP contribution in [0.2, 0.25) is 0 Å². The Labute approximate surface area is 123 Å². The number of methoxy groups -OCH3 is 1.